The first kappa shape index (κ1) is 38.0. The number of fused-ring (bicyclic) bond motifs is 1. The van der Waals surface area contributed by atoms with Gasteiger partial charge < -0.3 is 29.4 Å². The van der Waals surface area contributed by atoms with Gasteiger partial charge >= 0.3 is 24.4 Å². The van der Waals surface area contributed by atoms with Gasteiger partial charge in [0.1, 0.15) is 18.2 Å². The summed E-state index contributed by atoms with van der Waals surface area (Å²) in [5, 5.41) is 12.2. The van der Waals surface area contributed by atoms with E-state index >= 15 is 0 Å². The van der Waals surface area contributed by atoms with Crippen LogP contribution >= 0.6 is 0 Å². The Morgan fingerprint density at radius 2 is 1.70 bits per heavy atom. The number of carbonyl (C=O) groups excluding carboxylic acids is 1. The zero-order valence-corrected chi connectivity index (χ0v) is 27.4. The number of aromatic nitrogens is 2. The molecule has 0 aliphatic carbocycles. The van der Waals surface area contributed by atoms with Gasteiger partial charge in [-0.1, -0.05) is 6.92 Å². The van der Waals surface area contributed by atoms with E-state index in [1.807, 2.05) is 6.92 Å². The SMILES string of the molecule is CC[C@@H]1C[C@H](Nc2ncc(OCCOC)cc2Cc2cc(C(F)(F)F)cc(C(F)(F)F)c2)c2nc(OC)ccc2N1C(=O)OCCCC(=O)O. The van der Waals surface area contributed by atoms with E-state index in [1.165, 1.54) is 31.4 Å². The minimum Gasteiger partial charge on any atom is -0.490 e. The summed E-state index contributed by atoms with van der Waals surface area (Å²) >= 11 is 0. The van der Waals surface area contributed by atoms with Crippen molar-refractivity contribution >= 4 is 23.6 Å². The minimum absolute atomic E-state index is 0.0665. The van der Waals surface area contributed by atoms with Gasteiger partial charge in [0.25, 0.3) is 0 Å². The Labute approximate surface area is 283 Å². The summed E-state index contributed by atoms with van der Waals surface area (Å²) in [5.41, 5.74) is -2.24. The molecular weight excluding hydrogens is 678 g/mol. The van der Waals surface area contributed by atoms with Crippen LogP contribution in [-0.4, -0.2) is 67.2 Å². The topological polar surface area (TPSA) is 132 Å². The van der Waals surface area contributed by atoms with Crippen LogP contribution in [-0.2, 0) is 33.0 Å². The monoisotopic (exact) mass is 714 g/mol. The lowest BCUT2D eigenvalue weighted by Crippen LogP contribution is -2.46. The van der Waals surface area contributed by atoms with Gasteiger partial charge in [-0.25, -0.2) is 14.8 Å². The number of nitrogens with one attached hydrogen (secondary N) is 1. The van der Waals surface area contributed by atoms with Gasteiger partial charge in [-0.05, 0) is 55.2 Å². The van der Waals surface area contributed by atoms with Gasteiger partial charge in [-0.3, -0.25) is 9.69 Å². The average molecular weight is 715 g/mol. The third kappa shape index (κ3) is 9.67. The van der Waals surface area contributed by atoms with E-state index in [4.69, 9.17) is 24.1 Å². The summed E-state index contributed by atoms with van der Waals surface area (Å²) < 4.78 is 103. The minimum atomic E-state index is -5.03. The first-order valence-corrected chi connectivity index (χ1v) is 15.5. The molecule has 3 heterocycles. The number of nitrogens with zero attached hydrogens (tertiary/aromatic N) is 3. The fraction of sp³-hybridized carbons (Fsp3) is 0.455. The van der Waals surface area contributed by atoms with E-state index in [2.05, 4.69) is 15.3 Å². The van der Waals surface area contributed by atoms with Crippen LogP contribution in [0.3, 0.4) is 0 Å². The maximum atomic E-state index is 13.7. The van der Waals surface area contributed by atoms with Gasteiger partial charge in [-0.2, -0.15) is 26.3 Å². The van der Waals surface area contributed by atoms with Crippen LogP contribution in [0.1, 0.15) is 66.6 Å². The Kier molecular flexibility index (Phi) is 12.4. The van der Waals surface area contributed by atoms with Crippen molar-refractivity contribution in [1.82, 2.24) is 9.97 Å². The third-order valence-corrected chi connectivity index (χ3v) is 7.83. The lowest BCUT2D eigenvalue weighted by Gasteiger charge is -2.39. The molecule has 1 aromatic carbocycles. The van der Waals surface area contributed by atoms with Gasteiger partial charge in [-0.15, -0.1) is 0 Å². The van der Waals surface area contributed by atoms with Crippen LogP contribution in [0.15, 0.2) is 42.6 Å². The third-order valence-electron chi connectivity index (χ3n) is 7.83. The molecule has 1 amide bonds. The van der Waals surface area contributed by atoms with Gasteiger partial charge in [0.2, 0.25) is 5.88 Å². The molecule has 0 saturated carbocycles. The second-order valence-corrected chi connectivity index (χ2v) is 11.3. The summed E-state index contributed by atoms with van der Waals surface area (Å²) in [7, 11) is 2.86. The molecule has 0 radical (unpaired) electrons. The number of benzene rings is 1. The molecule has 0 saturated heterocycles. The Morgan fingerprint density at radius 3 is 2.30 bits per heavy atom. The molecule has 0 bridgehead atoms. The lowest BCUT2D eigenvalue weighted by molar-refractivity contribution is -0.143. The highest BCUT2D eigenvalue weighted by molar-refractivity contribution is 5.90. The van der Waals surface area contributed by atoms with E-state index in [0.717, 1.165) is 0 Å². The van der Waals surface area contributed by atoms with E-state index in [-0.39, 0.29) is 80.1 Å². The zero-order chi connectivity index (χ0) is 36.6. The van der Waals surface area contributed by atoms with Gasteiger partial charge in [0.15, 0.2) is 0 Å². The molecule has 4 rings (SSSR count). The number of hydrogen-bond acceptors (Lipinski definition) is 9. The first-order chi connectivity index (χ1) is 23.6. The molecular formula is C33H36F6N4O7. The number of aliphatic carboxylic acids is 1. The van der Waals surface area contributed by atoms with Crippen molar-refractivity contribution in [2.45, 2.75) is 63.5 Å². The van der Waals surface area contributed by atoms with Crippen molar-refractivity contribution in [2.24, 2.45) is 0 Å². The molecule has 3 aromatic rings. The number of halogens is 6. The second-order valence-electron chi connectivity index (χ2n) is 11.3. The van der Waals surface area contributed by atoms with Crippen molar-refractivity contribution in [3.63, 3.8) is 0 Å². The van der Waals surface area contributed by atoms with Crippen molar-refractivity contribution in [3.8, 4) is 11.6 Å². The molecule has 17 heteroatoms. The normalized spacial score (nSPS) is 16.1. The van der Waals surface area contributed by atoms with Crippen LogP contribution in [0.25, 0.3) is 0 Å². The number of pyridine rings is 2. The Morgan fingerprint density at radius 1 is 1.00 bits per heavy atom. The fourth-order valence-electron chi connectivity index (χ4n) is 5.47. The highest BCUT2D eigenvalue weighted by Crippen LogP contribution is 2.42. The molecule has 1 aliphatic rings. The van der Waals surface area contributed by atoms with Crippen LogP contribution < -0.4 is 19.7 Å². The molecule has 1 aliphatic heterocycles. The van der Waals surface area contributed by atoms with Crippen LogP contribution in [0, 0.1) is 0 Å². The Balaban J connectivity index is 1.74. The average Bonchev–Trinajstić information content (AvgIpc) is 3.06. The van der Waals surface area contributed by atoms with E-state index in [9.17, 15) is 35.9 Å². The maximum Gasteiger partial charge on any atom is 0.416 e. The summed E-state index contributed by atoms with van der Waals surface area (Å²) in [6.07, 6.45) is -9.19. The fourth-order valence-corrected chi connectivity index (χ4v) is 5.47. The zero-order valence-electron chi connectivity index (χ0n) is 27.4. The number of carboxylic acids is 1. The summed E-state index contributed by atoms with van der Waals surface area (Å²) in [4.78, 5) is 34.6. The van der Waals surface area contributed by atoms with Gasteiger partial charge in [0, 0.05) is 37.6 Å². The quantitative estimate of drug-likeness (QED) is 0.130. The smallest absolute Gasteiger partial charge is 0.416 e. The Hall–Kier alpha value is -4.80. The molecule has 0 unspecified atom stereocenters. The van der Waals surface area contributed by atoms with Crippen molar-refractivity contribution in [3.05, 3.63) is 70.5 Å². The standard InChI is InChI=1S/C33H36F6N4O7/c1-4-23-17-25(29-26(7-8-27(42-29)48-3)43(23)31(46)50-9-5-6-28(44)45)41-30-20(15-24(18-40-30)49-11-10-47-2)12-19-13-21(32(34,35)36)16-22(14-19)33(37,38)39/h7-8,13-16,18,23,25H,4-6,9-12,17H2,1-3H3,(H,40,41)(H,44,45)/t23-,25+/m1/s1. The number of methoxy groups -OCH3 is 2. The number of alkyl halides is 6. The van der Waals surface area contributed by atoms with E-state index in [1.54, 1.807) is 12.1 Å². The lowest BCUT2D eigenvalue weighted by atomic mass is 9.93. The predicted octanol–water partition coefficient (Wildman–Crippen LogP) is 7.28. The number of anilines is 2. The highest BCUT2D eigenvalue weighted by Gasteiger charge is 2.39. The van der Waals surface area contributed by atoms with Crippen molar-refractivity contribution in [2.75, 3.05) is 44.3 Å². The van der Waals surface area contributed by atoms with Crippen molar-refractivity contribution in [1.29, 1.82) is 0 Å². The van der Waals surface area contributed by atoms with Crippen LogP contribution in [0.4, 0.5) is 42.6 Å². The molecule has 2 N–H and O–H groups in total. The largest absolute Gasteiger partial charge is 0.490 e. The maximum absolute atomic E-state index is 13.7. The first-order valence-electron chi connectivity index (χ1n) is 15.5. The molecule has 2 aromatic heterocycles. The summed E-state index contributed by atoms with van der Waals surface area (Å²) in [6, 6.07) is 4.88. The van der Waals surface area contributed by atoms with Gasteiger partial charge in [0.05, 0.1) is 55.1 Å². The molecule has 50 heavy (non-hydrogen) atoms. The van der Waals surface area contributed by atoms with Crippen molar-refractivity contribution < 1.29 is 60.0 Å². The number of carbonyl (C=O) groups is 2. The summed E-state index contributed by atoms with van der Waals surface area (Å²) in [6.45, 7) is 2.03. The molecule has 2 atom stereocenters. The molecule has 0 fully saturated rings. The molecule has 11 nitrogen and oxygen atoms in total. The highest BCUT2D eigenvalue weighted by atomic mass is 19.4. The summed E-state index contributed by atoms with van der Waals surface area (Å²) in [5.74, 6) is -0.482. The molecule has 0 spiro atoms. The van der Waals surface area contributed by atoms with Crippen LogP contribution in [0.2, 0.25) is 0 Å². The number of hydrogen-bond donors (Lipinski definition) is 2. The number of rotatable bonds is 14. The Bertz CT molecular complexity index is 1620. The second kappa shape index (κ2) is 16.3. The van der Waals surface area contributed by atoms with E-state index in [0.29, 0.717) is 29.9 Å². The van der Waals surface area contributed by atoms with Crippen LogP contribution in [0.5, 0.6) is 11.6 Å². The van der Waals surface area contributed by atoms with E-state index < -0.39 is 47.6 Å². The molecule has 272 valence electrons. The number of amides is 1. The number of carboxylic acid groups (broad SMARTS) is 1. The predicted molar refractivity (Wildman–Crippen MR) is 167 cm³/mol. The number of ether oxygens (including phenoxy) is 4.